The summed E-state index contributed by atoms with van der Waals surface area (Å²) in [5.74, 6) is 0. The molecule has 0 bridgehead atoms. The molecule has 2 aliphatic heterocycles. The van der Waals surface area contributed by atoms with Crippen LogP contribution in [-0.2, 0) is 20.8 Å². The maximum absolute atomic E-state index is 12.6. The highest BCUT2D eigenvalue weighted by Crippen LogP contribution is 2.43. The fourth-order valence-corrected chi connectivity index (χ4v) is 2.96. The molecular formula is C18H25NO4. The van der Waals surface area contributed by atoms with E-state index < -0.39 is 5.60 Å². The molecule has 0 radical (unpaired) electrons. The van der Waals surface area contributed by atoms with Crippen LogP contribution in [0.2, 0.25) is 0 Å². The van der Waals surface area contributed by atoms with Gasteiger partial charge >= 0.3 is 6.09 Å². The first kappa shape index (κ1) is 16.3. The Kier molecular flexibility index (Phi) is 4.34. The van der Waals surface area contributed by atoms with Crippen LogP contribution >= 0.6 is 0 Å². The van der Waals surface area contributed by atoms with E-state index in [9.17, 15) is 4.79 Å². The summed E-state index contributed by atoms with van der Waals surface area (Å²) < 4.78 is 17.0. The Bertz CT molecular complexity index is 554. The summed E-state index contributed by atoms with van der Waals surface area (Å²) in [7, 11) is 0. The van der Waals surface area contributed by atoms with Crippen molar-refractivity contribution in [2.24, 2.45) is 0 Å². The first-order valence-corrected chi connectivity index (χ1v) is 8.15. The van der Waals surface area contributed by atoms with E-state index in [0.717, 1.165) is 18.6 Å². The molecule has 0 saturated carbocycles. The molecule has 1 aromatic carbocycles. The number of ether oxygens (including phenoxy) is 3. The molecule has 23 heavy (non-hydrogen) atoms. The van der Waals surface area contributed by atoms with Gasteiger partial charge in [-0.25, -0.2) is 4.79 Å². The number of benzene rings is 1. The highest BCUT2D eigenvalue weighted by atomic mass is 16.6. The molecule has 1 amide bonds. The summed E-state index contributed by atoms with van der Waals surface area (Å²) in [6.45, 7) is 7.93. The van der Waals surface area contributed by atoms with Gasteiger partial charge in [-0.05, 0) is 32.8 Å². The van der Waals surface area contributed by atoms with Gasteiger partial charge in [-0.15, -0.1) is 0 Å². The van der Waals surface area contributed by atoms with Crippen molar-refractivity contribution in [2.75, 3.05) is 19.8 Å². The summed E-state index contributed by atoms with van der Waals surface area (Å²) in [6.07, 6.45) is 0.792. The van der Waals surface area contributed by atoms with Gasteiger partial charge < -0.3 is 19.1 Å². The van der Waals surface area contributed by atoms with Crippen LogP contribution in [-0.4, -0.2) is 48.1 Å². The summed E-state index contributed by atoms with van der Waals surface area (Å²) in [4.78, 5) is 14.3. The summed E-state index contributed by atoms with van der Waals surface area (Å²) in [5.41, 5.74) is 0.212. The number of rotatable bonds is 4. The van der Waals surface area contributed by atoms with Crippen LogP contribution in [0.3, 0.4) is 0 Å². The predicted molar refractivity (Wildman–Crippen MR) is 86.1 cm³/mol. The Morgan fingerprint density at radius 2 is 2.09 bits per heavy atom. The minimum Gasteiger partial charge on any atom is -0.444 e. The lowest BCUT2D eigenvalue weighted by molar-refractivity contribution is 0.00831. The second kappa shape index (κ2) is 6.13. The van der Waals surface area contributed by atoms with Crippen LogP contribution in [0.15, 0.2) is 30.3 Å². The molecule has 2 unspecified atom stereocenters. The zero-order chi connectivity index (χ0) is 16.5. The third kappa shape index (κ3) is 4.03. The summed E-state index contributed by atoms with van der Waals surface area (Å²) >= 11 is 0. The monoisotopic (exact) mass is 319 g/mol. The molecule has 2 heterocycles. The molecule has 2 fully saturated rings. The largest absolute Gasteiger partial charge is 0.444 e. The van der Waals surface area contributed by atoms with E-state index in [0.29, 0.717) is 19.7 Å². The van der Waals surface area contributed by atoms with Gasteiger partial charge in [0.1, 0.15) is 11.2 Å². The van der Waals surface area contributed by atoms with Crippen LogP contribution < -0.4 is 0 Å². The Morgan fingerprint density at radius 1 is 1.35 bits per heavy atom. The molecule has 3 rings (SSSR count). The van der Waals surface area contributed by atoms with Crippen molar-refractivity contribution in [3.05, 3.63) is 35.9 Å². The maximum Gasteiger partial charge on any atom is 0.410 e. The van der Waals surface area contributed by atoms with E-state index >= 15 is 0 Å². The van der Waals surface area contributed by atoms with E-state index in [2.05, 4.69) is 0 Å². The van der Waals surface area contributed by atoms with Crippen LogP contribution in [0.25, 0.3) is 0 Å². The van der Waals surface area contributed by atoms with Crippen molar-refractivity contribution >= 4 is 6.09 Å². The number of nitrogens with zero attached hydrogens (tertiary/aromatic N) is 1. The fourth-order valence-electron chi connectivity index (χ4n) is 2.96. The zero-order valence-corrected chi connectivity index (χ0v) is 14.1. The number of carbonyl (C=O) groups is 1. The SMILES string of the molecule is CC(C)(C)OC(=O)N(Cc1ccccc1)CC12COCCC1O2. The molecule has 0 spiro atoms. The molecule has 0 aliphatic carbocycles. The molecule has 5 heteroatoms. The highest BCUT2D eigenvalue weighted by molar-refractivity contribution is 5.68. The van der Waals surface area contributed by atoms with Crippen molar-refractivity contribution < 1.29 is 19.0 Å². The Balaban J connectivity index is 1.72. The Morgan fingerprint density at radius 3 is 2.74 bits per heavy atom. The molecule has 2 saturated heterocycles. The van der Waals surface area contributed by atoms with Gasteiger partial charge in [-0.3, -0.25) is 0 Å². The van der Waals surface area contributed by atoms with Crippen LogP contribution in [0.4, 0.5) is 4.79 Å². The van der Waals surface area contributed by atoms with Crippen molar-refractivity contribution in [3.8, 4) is 0 Å². The highest BCUT2D eigenvalue weighted by Gasteiger charge is 2.59. The van der Waals surface area contributed by atoms with Gasteiger partial charge in [0.15, 0.2) is 0 Å². The van der Waals surface area contributed by atoms with Crippen LogP contribution in [0, 0.1) is 0 Å². The lowest BCUT2D eigenvalue weighted by atomic mass is 10.0. The number of hydrogen-bond donors (Lipinski definition) is 0. The number of amides is 1. The molecule has 0 aromatic heterocycles. The zero-order valence-electron chi connectivity index (χ0n) is 14.1. The van der Waals surface area contributed by atoms with Gasteiger partial charge in [0, 0.05) is 13.2 Å². The first-order valence-electron chi connectivity index (χ1n) is 8.15. The fraction of sp³-hybridized carbons (Fsp3) is 0.611. The topological polar surface area (TPSA) is 51.3 Å². The average Bonchev–Trinajstić information content (AvgIpc) is 3.20. The van der Waals surface area contributed by atoms with Crippen molar-refractivity contribution in [2.45, 2.75) is 51.0 Å². The molecule has 0 N–H and O–H groups in total. The number of carbonyl (C=O) groups excluding carboxylic acids is 1. The smallest absolute Gasteiger partial charge is 0.410 e. The minimum absolute atomic E-state index is 0.206. The predicted octanol–water partition coefficient (Wildman–Crippen LogP) is 2.98. The molecule has 5 nitrogen and oxygen atoms in total. The lowest BCUT2D eigenvalue weighted by Crippen LogP contribution is -2.45. The van der Waals surface area contributed by atoms with Crippen molar-refractivity contribution in [1.82, 2.24) is 4.90 Å². The van der Waals surface area contributed by atoms with E-state index in [4.69, 9.17) is 14.2 Å². The van der Waals surface area contributed by atoms with E-state index in [1.54, 1.807) is 4.90 Å². The maximum atomic E-state index is 12.6. The van der Waals surface area contributed by atoms with Crippen LogP contribution in [0.1, 0.15) is 32.8 Å². The van der Waals surface area contributed by atoms with E-state index in [1.165, 1.54) is 0 Å². The van der Waals surface area contributed by atoms with E-state index in [-0.39, 0.29) is 17.8 Å². The van der Waals surface area contributed by atoms with Gasteiger partial charge in [-0.1, -0.05) is 30.3 Å². The van der Waals surface area contributed by atoms with Gasteiger partial charge in [-0.2, -0.15) is 0 Å². The standard InChI is InChI=1S/C18H25NO4/c1-17(2,3)23-16(20)19(11-14-7-5-4-6-8-14)12-18-13-21-10-9-15(18)22-18/h4-8,15H,9-13H2,1-3H3. The molecule has 2 aliphatic rings. The van der Waals surface area contributed by atoms with Gasteiger partial charge in [0.05, 0.1) is 19.3 Å². The van der Waals surface area contributed by atoms with Crippen LogP contribution in [0.5, 0.6) is 0 Å². The van der Waals surface area contributed by atoms with E-state index in [1.807, 2.05) is 51.1 Å². The third-order valence-electron chi connectivity index (χ3n) is 4.10. The Labute approximate surface area is 137 Å². The molecule has 2 atom stereocenters. The summed E-state index contributed by atoms with van der Waals surface area (Å²) in [6, 6.07) is 9.94. The number of epoxide rings is 1. The number of hydrogen-bond acceptors (Lipinski definition) is 4. The van der Waals surface area contributed by atoms with Gasteiger partial charge in [0.25, 0.3) is 0 Å². The summed E-state index contributed by atoms with van der Waals surface area (Å²) in [5, 5.41) is 0. The normalized spacial score (nSPS) is 26.3. The molecule has 126 valence electrons. The van der Waals surface area contributed by atoms with Gasteiger partial charge in [0.2, 0.25) is 0 Å². The second-order valence-corrected chi connectivity index (χ2v) is 7.33. The average molecular weight is 319 g/mol. The quantitative estimate of drug-likeness (QED) is 0.801. The third-order valence-corrected chi connectivity index (χ3v) is 4.10. The minimum atomic E-state index is -0.517. The first-order chi connectivity index (χ1) is 10.9. The molecule has 1 aromatic rings. The van der Waals surface area contributed by atoms with Crippen molar-refractivity contribution in [3.63, 3.8) is 0 Å². The number of fused-ring (bicyclic) bond motifs is 1. The molecular weight excluding hydrogens is 294 g/mol. The van der Waals surface area contributed by atoms with Crippen molar-refractivity contribution in [1.29, 1.82) is 0 Å². The lowest BCUT2D eigenvalue weighted by Gasteiger charge is -2.30. The Hall–Kier alpha value is -1.59. The second-order valence-electron chi connectivity index (χ2n) is 7.33.